The maximum atomic E-state index is 11.9. The Kier molecular flexibility index (Phi) is 4.34. The average Bonchev–Trinajstić information content (AvgIpc) is 3.04. The third-order valence-corrected chi connectivity index (χ3v) is 5.75. The SMILES string of the molecule is CC(C)Cc1n[n+]([O-])cc2cc(C(O)c3cccc4ccccc34)sc12. The molecule has 1 unspecified atom stereocenters. The summed E-state index contributed by atoms with van der Waals surface area (Å²) in [5, 5.41) is 30.0. The molecule has 26 heavy (non-hydrogen) atoms. The van der Waals surface area contributed by atoms with E-state index in [1.807, 2.05) is 48.5 Å². The summed E-state index contributed by atoms with van der Waals surface area (Å²) in [6, 6.07) is 15.9. The number of aliphatic hydroxyl groups is 1. The third-order valence-electron chi connectivity index (χ3n) is 4.50. The molecule has 0 saturated heterocycles. The number of fused-ring (bicyclic) bond motifs is 2. The highest BCUT2D eigenvalue weighted by Gasteiger charge is 2.20. The summed E-state index contributed by atoms with van der Waals surface area (Å²) in [7, 11) is 0. The van der Waals surface area contributed by atoms with Gasteiger partial charge in [0.1, 0.15) is 11.8 Å². The molecule has 1 atom stereocenters. The van der Waals surface area contributed by atoms with E-state index in [-0.39, 0.29) is 0 Å². The quantitative estimate of drug-likeness (QED) is 0.432. The largest absolute Gasteiger partial charge is 0.594 e. The highest BCUT2D eigenvalue weighted by molar-refractivity contribution is 7.19. The number of hydrogen-bond acceptors (Lipinski definition) is 4. The van der Waals surface area contributed by atoms with Crippen molar-refractivity contribution in [1.29, 1.82) is 0 Å². The molecule has 4 rings (SSSR count). The van der Waals surface area contributed by atoms with Gasteiger partial charge < -0.3 is 10.3 Å². The smallest absolute Gasteiger partial charge is 0.218 e. The molecule has 0 aliphatic rings. The second-order valence-electron chi connectivity index (χ2n) is 6.98. The molecule has 0 aliphatic carbocycles. The molecule has 0 aliphatic heterocycles. The molecule has 4 aromatic rings. The van der Waals surface area contributed by atoms with E-state index in [1.165, 1.54) is 17.5 Å². The first-order valence-electron chi connectivity index (χ1n) is 8.71. The molecule has 0 fully saturated rings. The van der Waals surface area contributed by atoms with E-state index in [0.29, 0.717) is 10.8 Å². The topological polar surface area (TPSA) is 60.1 Å². The first-order chi connectivity index (χ1) is 12.5. The maximum absolute atomic E-state index is 11.9. The minimum atomic E-state index is -0.731. The fourth-order valence-corrected chi connectivity index (χ4v) is 4.49. The summed E-state index contributed by atoms with van der Waals surface area (Å²) in [6.07, 6.45) is 1.49. The average molecular weight is 364 g/mol. The molecule has 0 saturated carbocycles. The Hall–Kier alpha value is -2.50. The van der Waals surface area contributed by atoms with Crippen molar-refractivity contribution in [2.24, 2.45) is 5.92 Å². The van der Waals surface area contributed by atoms with E-state index in [9.17, 15) is 10.3 Å². The fraction of sp³-hybridized carbons (Fsp3) is 0.238. The van der Waals surface area contributed by atoms with Gasteiger partial charge in [-0.05, 0) is 34.7 Å². The Balaban J connectivity index is 1.83. The molecule has 2 aromatic carbocycles. The number of rotatable bonds is 4. The standard InChI is InChI=1S/C21H20N2O2S/c1-13(2)10-18-21-15(12-23(25)22-18)11-19(26-21)20(24)17-9-5-7-14-6-3-4-8-16(14)17/h3-9,11-13,20,24H,10H2,1-2H3. The number of thiophene rings is 1. The Morgan fingerprint density at radius 2 is 1.88 bits per heavy atom. The van der Waals surface area contributed by atoms with Gasteiger partial charge in [0.25, 0.3) is 0 Å². The van der Waals surface area contributed by atoms with Crippen molar-refractivity contribution in [3.63, 3.8) is 0 Å². The Morgan fingerprint density at radius 1 is 1.12 bits per heavy atom. The van der Waals surface area contributed by atoms with Crippen LogP contribution in [-0.4, -0.2) is 10.2 Å². The number of aliphatic hydroxyl groups excluding tert-OH is 1. The van der Waals surface area contributed by atoms with E-state index in [1.54, 1.807) is 0 Å². The molecule has 2 heterocycles. The van der Waals surface area contributed by atoms with Crippen LogP contribution in [0.25, 0.3) is 20.9 Å². The van der Waals surface area contributed by atoms with Crippen LogP contribution in [0.3, 0.4) is 0 Å². The van der Waals surface area contributed by atoms with Crippen molar-refractivity contribution >= 4 is 32.2 Å². The minimum Gasteiger partial charge on any atom is -0.594 e. The number of benzene rings is 2. The first kappa shape index (κ1) is 16.9. The summed E-state index contributed by atoms with van der Waals surface area (Å²) in [5.41, 5.74) is 1.68. The zero-order chi connectivity index (χ0) is 18.3. The van der Waals surface area contributed by atoms with Crippen molar-refractivity contribution in [2.45, 2.75) is 26.4 Å². The van der Waals surface area contributed by atoms with Gasteiger partial charge in [-0.1, -0.05) is 61.2 Å². The van der Waals surface area contributed by atoms with Gasteiger partial charge in [-0.15, -0.1) is 11.3 Å². The molecular formula is C21H20N2O2S. The summed E-state index contributed by atoms with van der Waals surface area (Å²) in [5.74, 6) is 0.404. The zero-order valence-electron chi connectivity index (χ0n) is 14.7. The van der Waals surface area contributed by atoms with E-state index >= 15 is 0 Å². The summed E-state index contributed by atoms with van der Waals surface area (Å²) in [4.78, 5) is 1.45. The lowest BCUT2D eigenvalue weighted by Gasteiger charge is -2.12. The fourth-order valence-electron chi connectivity index (χ4n) is 3.36. The molecule has 4 nitrogen and oxygen atoms in total. The van der Waals surface area contributed by atoms with Gasteiger partial charge in [0.2, 0.25) is 6.20 Å². The normalized spacial score (nSPS) is 12.9. The second-order valence-corrected chi connectivity index (χ2v) is 8.06. The van der Waals surface area contributed by atoms with E-state index in [2.05, 4.69) is 18.9 Å². The van der Waals surface area contributed by atoms with E-state index in [4.69, 9.17) is 0 Å². The Bertz CT molecular complexity index is 1080. The first-order valence-corrected chi connectivity index (χ1v) is 9.53. The monoisotopic (exact) mass is 364 g/mol. The summed E-state index contributed by atoms with van der Waals surface area (Å²) in [6.45, 7) is 4.21. The van der Waals surface area contributed by atoms with Crippen LogP contribution >= 0.6 is 11.3 Å². The van der Waals surface area contributed by atoms with E-state index in [0.717, 1.165) is 43.4 Å². The highest BCUT2D eigenvalue weighted by Crippen LogP contribution is 2.36. The molecular weight excluding hydrogens is 344 g/mol. The lowest BCUT2D eigenvalue weighted by atomic mass is 9.99. The van der Waals surface area contributed by atoms with Gasteiger partial charge in [0.15, 0.2) is 0 Å². The van der Waals surface area contributed by atoms with Crippen LogP contribution in [0.15, 0.2) is 54.7 Å². The molecule has 2 aromatic heterocycles. The Labute approximate surface area is 155 Å². The van der Waals surface area contributed by atoms with E-state index < -0.39 is 6.10 Å². The van der Waals surface area contributed by atoms with Crippen molar-refractivity contribution in [1.82, 2.24) is 5.10 Å². The number of nitrogens with zero attached hydrogens (tertiary/aromatic N) is 2. The van der Waals surface area contributed by atoms with Crippen LogP contribution < -0.4 is 4.85 Å². The van der Waals surface area contributed by atoms with Gasteiger partial charge in [0, 0.05) is 9.98 Å². The number of hydrogen-bond donors (Lipinski definition) is 1. The van der Waals surface area contributed by atoms with Gasteiger partial charge in [-0.3, -0.25) is 0 Å². The molecule has 5 heteroatoms. The van der Waals surface area contributed by atoms with Gasteiger partial charge in [-0.2, -0.15) is 0 Å². The predicted octanol–water partition coefficient (Wildman–Crippen LogP) is 4.36. The van der Waals surface area contributed by atoms with Gasteiger partial charge in [-0.25, -0.2) is 0 Å². The zero-order valence-corrected chi connectivity index (χ0v) is 15.5. The second kappa shape index (κ2) is 6.67. The van der Waals surface area contributed by atoms with Gasteiger partial charge >= 0.3 is 0 Å². The van der Waals surface area contributed by atoms with Crippen LogP contribution in [0.4, 0.5) is 0 Å². The molecule has 0 amide bonds. The third kappa shape index (κ3) is 3.04. The van der Waals surface area contributed by atoms with Crippen LogP contribution in [0.2, 0.25) is 0 Å². The van der Waals surface area contributed by atoms with Crippen LogP contribution in [0.5, 0.6) is 0 Å². The van der Waals surface area contributed by atoms with Gasteiger partial charge in [0.05, 0.1) is 10.1 Å². The minimum absolute atomic E-state index is 0.404. The van der Waals surface area contributed by atoms with Crippen LogP contribution in [0.1, 0.15) is 36.1 Å². The van der Waals surface area contributed by atoms with Crippen molar-refractivity contribution in [3.05, 3.63) is 76.1 Å². The molecule has 132 valence electrons. The van der Waals surface area contributed by atoms with Crippen LogP contribution in [-0.2, 0) is 6.42 Å². The molecule has 0 bridgehead atoms. The molecule has 0 radical (unpaired) electrons. The highest BCUT2D eigenvalue weighted by atomic mass is 32.1. The van der Waals surface area contributed by atoms with Crippen molar-refractivity contribution in [2.75, 3.05) is 0 Å². The Morgan fingerprint density at radius 3 is 2.69 bits per heavy atom. The number of aromatic nitrogens is 2. The summed E-state index contributed by atoms with van der Waals surface area (Å²) < 4.78 is 0.986. The lowest BCUT2D eigenvalue weighted by Crippen LogP contribution is -2.31. The van der Waals surface area contributed by atoms with Crippen molar-refractivity contribution in [3.8, 4) is 0 Å². The molecule has 0 spiro atoms. The molecule has 1 N–H and O–H groups in total. The van der Waals surface area contributed by atoms with Crippen molar-refractivity contribution < 1.29 is 9.95 Å². The maximum Gasteiger partial charge on any atom is 0.218 e. The lowest BCUT2D eigenvalue weighted by molar-refractivity contribution is -0.668. The predicted molar refractivity (Wildman–Crippen MR) is 105 cm³/mol. The summed E-state index contributed by atoms with van der Waals surface area (Å²) >= 11 is 1.52. The van der Waals surface area contributed by atoms with Crippen LogP contribution in [0, 0.1) is 11.1 Å².